The van der Waals surface area contributed by atoms with E-state index in [0.717, 1.165) is 37.0 Å². The van der Waals surface area contributed by atoms with E-state index in [1.165, 1.54) is 30.7 Å². The molecule has 202 valence electrons. The summed E-state index contributed by atoms with van der Waals surface area (Å²) in [4.78, 5) is 12.9. The van der Waals surface area contributed by atoms with Crippen LogP contribution in [-0.4, -0.2) is 51.7 Å². The van der Waals surface area contributed by atoms with Gasteiger partial charge in [0, 0.05) is 18.3 Å². The van der Waals surface area contributed by atoms with E-state index in [4.69, 9.17) is 9.47 Å². The van der Waals surface area contributed by atoms with Crippen LogP contribution in [0.25, 0.3) is 0 Å². The topological polar surface area (TPSA) is 97.3 Å². The largest absolute Gasteiger partial charge is 0.493 e. The van der Waals surface area contributed by atoms with E-state index in [1.54, 1.807) is 6.07 Å². The summed E-state index contributed by atoms with van der Waals surface area (Å²) in [5, 5.41) is 4.33. The normalized spacial score (nSPS) is 16.4. The second-order valence-electron chi connectivity index (χ2n) is 10.4. The molecule has 0 bridgehead atoms. The van der Waals surface area contributed by atoms with Gasteiger partial charge in [-0.3, -0.25) is 4.79 Å². The quantitative estimate of drug-likeness (QED) is 0.452. The molecule has 1 fully saturated rings. The number of methoxy groups -OCH3 is 2. The van der Waals surface area contributed by atoms with Crippen LogP contribution in [0.3, 0.4) is 0 Å². The average molecular weight is 530 g/mol. The number of amides is 1. The summed E-state index contributed by atoms with van der Waals surface area (Å²) in [6.45, 7) is 6.56. The molecule has 0 saturated heterocycles. The fourth-order valence-corrected chi connectivity index (χ4v) is 5.99. The van der Waals surface area contributed by atoms with Crippen LogP contribution in [0.4, 0.5) is 0 Å². The molecule has 0 heterocycles. The third-order valence-corrected chi connectivity index (χ3v) is 8.77. The zero-order chi connectivity index (χ0) is 27.1. The lowest BCUT2D eigenvalue weighted by molar-refractivity contribution is -0.121. The first-order valence-corrected chi connectivity index (χ1v) is 14.1. The van der Waals surface area contributed by atoms with E-state index in [0.29, 0.717) is 23.8 Å². The van der Waals surface area contributed by atoms with Crippen molar-refractivity contribution < 1.29 is 22.7 Å². The molecule has 2 aromatic carbocycles. The van der Waals surface area contributed by atoms with Gasteiger partial charge in [-0.05, 0) is 61.1 Å². The van der Waals surface area contributed by atoms with Crippen molar-refractivity contribution in [1.29, 1.82) is 0 Å². The van der Waals surface area contributed by atoms with Gasteiger partial charge in [0.25, 0.3) is 5.91 Å². The van der Waals surface area contributed by atoms with Gasteiger partial charge in [0.15, 0.2) is 11.5 Å². The predicted octanol–water partition coefficient (Wildman–Crippen LogP) is 4.65. The summed E-state index contributed by atoms with van der Waals surface area (Å²) in [6, 6.07) is 14.0. The van der Waals surface area contributed by atoms with Gasteiger partial charge in [-0.1, -0.05) is 51.1 Å². The second kappa shape index (κ2) is 12.6. The van der Waals surface area contributed by atoms with Crippen molar-refractivity contribution in [3.8, 4) is 11.5 Å². The van der Waals surface area contributed by atoms with Crippen molar-refractivity contribution in [1.82, 2.24) is 9.73 Å². The van der Waals surface area contributed by atoms with Crippen molar-refractivity contribution >= 4 is 21.6 Å². The van der Waals surface area contributed by atoms with Crippen LogP contribution in [0.2, 0.25) is 0 Å². The number of carbonyl (C=O) groups excluding carboxylic acids is 1. The highest BCUT2D eigenvalue weighted by Gasteiger charge is 2.29. The Balaban J connectivity index is 1.75. The number of benzene rings is 2. The van der Waals surface area contributed by atoms with E-state index in [2.05, 4.69) is 31.3 Å². The van der Waals surface area contributed by atoms with Crippen molar-refractivity contribution in [3.63, 3.8) is 0 Å². The molecule has 0 radical (unpaired) electrons. The average Bonchev–Trinajstić information content (AvgIpc) is 2.89. The van der Waals surface area contributed by atoms with Gasteiger partial charge in [0.1, 0.15) is 0 Å². The fraction of sp³-hybridized carbons (Fsp3) is 0.500. The summed E-state index contributed by atoms with van der Waals surface area (Å²) < 4.78 is 38.9. The fourth-order valence-electron chi connectivity index (χ4n) is 4.57. The Morgan fingerprint density at radius 2 is 1.68 bits per heavy atom. The van der Waals surface area contributed by atoms with Gasteiger partial charge in [0.05, 0.1) is 25.7 Å². The summed E-state index contributed by atoms with van der Waals surface area (Å²) in [5.41, 5.74) is 4.78. The first-order valence-electron chi connectivity index (χ1n) is 12.6. The van der Waals surface area contributed by atoms with Crippen molar-refractivity contribution in [2.24, 2.45) is 16.4 Å². The van der Waals surface area contributed by atoms with E-state index in [9.17, 15) is 13.2 Å². The van der Waals surface area contributed by atoms with Crippen LogP contribution in [0.5, 0.6) is 11.5 Å². The van der Waals surface area contributed by atoms with Gasteiger partial charge < -0.3 is 9.47 Å². The Morgan fingerprint density at radius 1 is 1.03 bits per heavy atom. The number of nitrogens with one attached hydrogen (secondary N) is 1. The molecule has 0 atom stereocenters. The van der Waals surface area contributed by atoms with Crippen LogP contribution in [0.1, 0.15) is 52.0 Å². The Bertz CT molecular complexity index is 1180. The second-order valence-corrected chi connectivity index (χ2v) is 12.4. The third kappa shape index (κ3) is 7.79. The molecule has 1 saturated carbocycles. The lowest BCUT2D eigenvalue weighted by atomic mass is 9.72. The molecular formula is C28H39N3O5S. The van der Waals surface area contributed by atoms with Crippen LogP contribution >= 0.6 is 0 Å². The van der Waals surface area contributed by atoms with Crippen molar-refractivity contribution in [3.05, 3.63) is 54.1 Å². The molecule has 0 unspecified atom stereocenters. The number of sulfonamides is 1. The van der Waals surface area contributed by atoms with Crippen LogP contribution in [-0.2, 0) is 21.2 Å². The molecular weight excluding hydrogens is 490 g/mol. The summed E-state index contributed by atoms with van der Waals surface area (Å²) in [5.74, 6) is 0.880. The molecule has 0 aliphatic heterocycles. The van der Waals surface area contributed by atoms with Gasteiger partial charge in [0.2, 0.25) is 10.0 Å². The molecule has 1 aliphatic rings. The van der Waals surface area contributed by atoms with Crippen LogP contribution in [0, 0.1) is 11.3 Å². The zero-order valence-corrected chi connectivity index (χ0v) is 23.3. The highest BCUT2D eigenvalue weighted by atomic mass is 32.2. The highest BCUT2D eigenvalue weighted by molar-refractivity contribution is 7.89. The van der Waals surface area contributed by atoms with Crippen molar-refractivity contribution in [2.75, 3.05) is 27.3 Å². The number of ether oxygens (including phenoxy) is 2. The molecule has 9 heteroatoms. The summed E-state index contributed by atoms with van der Waals surface area (Å²) >= 11 is 0. The van der Waals surface area contributed by atoms with Gasteiger partial charge in [-0.25, -0.2) is 13.8 Å². The van der Waals surface area contributed by atoms with Gasteiger partial charge in [-0.2, -0.15) is 9.41 Å². The molecule has 1 amide bonds. The minimum absolute atomic E-state index is 0.0258. The Morgan fingerprint density at radius 3 is 2.27 bits per heavy atom. The minimum Gasteiger partial charge on any atom is -0.493 e. The number of nitrogens with zero attached hydrogens (tertiary/aromatic N) is 2. The Labute approximate surface area is 221 Å². The maximum atomic E-state index is 13.6. The molecule has 1 N–H and O–H groups in total. The van der Waals surface area contributed by atoms with E-state index in [1.807, 2.05) is 30.3 Å². The van der Waals surface area contributed by atoms with Crippen molar-refractivity contribution in [2.45, 2.75) is 57.8 Å². The monoisotopic (exact) mass is 529 g/mol. The maximum absolute atomic E-state index is 13.6. The first kappa shape index (κ1) is 28.7. The molecule has 1 aliphatic carbocycles. The standard InChI is InChI=1S/C28H39N3O5S/c1-28(2,3)22-11-13-23(14-12-22)29-30-27(32)20-31(18-17-21-9-7-6-8-10-21)37(33,34)24-15-16-25(35-4)26(19-24)36-5/h6-10,15-16,19,22H,11-14,17-18,20H2,1-5H3,(H,30,32). The lowest BCUT2D eigenvalue weighted by Gasteiger charge is -2.34. The lowest BCUT2D eigenvalue weighted by Crippen LogP contribution is -2.41. The SMILES string of the molecule is COc1ccc(S(=O)(=O)N(CCc2ccccc2)CC(=O)NN=C2CCC(C(C)(C)C)CC2)cc1OC. The van der Waals surface area contributed by atoms with E-state index >= 15 is 0 Å². The van der Waals surface area contributed by atoms with E-state index in [-0.39, 0.29) is 23.4 Å². The highest BCUT2D eigenvalue weighted by Crippen LogP contribution is 2.36. The van der Waals surface area contributed by atoms with Gasteiger partial charge >= 0.3 is 0 Å². The van der Waals surface area contributed by atoms with Crippen LogP contribution in [0.15, 0.2) is 58.5 Å². The molecule has 37 heavy (non-hydrogen) atoms. The molecule has 0 aromatic heterocycles. The number of hydrogen-bond acceptors (Lipinski definition) is 6. The zero-order valence-electron chi connectivity index (χ0n) is 22.5. The first-order chi connectivity index (χ1) is 17.5. The molecule has 0 spiro atoms. The maximum Gasteiger partial charge on any atom is 0.255 e. The van der Waals surface area contributed by atoms with E-state index < -0.39 is 15.9 Å². The van der Waals surface area contributed by atoms with Gasteiger partial charge in [-0.15, -0.1) is 0 Å². The summed E-state index contributed by atoms with van der Waals surface area (Å²) in [6.07, 6.45) is 4.21. The summed E-state index contributed by atoms with van der Waals surface area (Å²) in [7, 11) is -1.07. The Kier molecular flexibility index (Phi) is 9.73. The Hall–Kier alpha value is -2.91. The molecule has 2 aromatic rings. The number of hydrogen-bond donors (Lipinski definition) is 1. The number of rotatable bonds is 10. The molecule has 3 rings (SSSR count). The predicted molar refractivity (Wildman–Crippen MR) is 145 cm³/mol. The third-order valence-electron chi connectivity index (χ3n) is 6.93. The number of carbonyl (C=O) groups is 1. The number of hydrazone groups is 1. The smallest absolute Gasteiger partial charge is 0.255 e. The minimum atomic E-state index is -4.00. The van der Waals surface area contributed by atoms with Crippen LogP contribution < -0.4 is 14.9 Å². The molecule has 8 nitrogen and oxygen atoms in total.